The molecular formula is C11H11N3O3. The van der Waals surface area contributed by atoms with Gasteiger partial charge in [-0.1, -0.05) is 0 Å². The van der Waals surface area contributed by atoms with Crippen molar-refractivity contribution in [2.24, 2.45) is 0 Å². The van der Waals surface area contributed by atoms with Gasteiger partial charge in [-0.2, -0.15) is 0 Å². The van der Waals surface area contributed by atoms with Crippen LogP contribution in [0.4, 0.5) is 5.69 Å². The minimum atomic E-state index is -1.10. The SMILES string of the molecule is Cc1cc(Oc2ccc(N)cc2C(=O)O)n[nH]1. The number of hydrogen-bond acceptors (Lipinski definition) is 4. The first-order chi connectivity index (χ1) is 8.06. The number of nitrogen functional groups attached to an aromatic ring is 1. The lowest BCUT2D eigenvalue weighted by molar-refractivity contribution is 0.0694. The largest absolute Gasteiger partial charge is 0.478 e. The number of H-pyrrole nitrogens is 1. The molecule has 2 rings (SSSR count). The van der Waals surface area contributed by atoms with E-state index in [2.05, 4.69) is 10.2 Å². The van der Waals surface area contributed by atoms with Crippen LogP contribution in [0.2, 0.25) is 0 Å². The number of aromatic carboxylic acids is 1. The molecule has 0 aliphatic rings. The van der Waals surface area contributed by atoms with Gasteiger partial charge < -0.3 is 15.6 Å². The fraction of sp³-hybridized carbons (Fsp3) is 0.0909. The van der Waals surface area contributed by atoms with Crippen LogP contribution in [0.3, 0.4) is 0 Å². The summed E-state index contributed by atoms with van der Waals surface area (Å²) < 4.78 is 5.37. The van der Waals surface area contributed by atoms with Gasteiger partial charge in [0.25, 0.3) is 0 Å². The number of aromatic amines is 1. The lowest BCUT2D eigenvalue weighted by Crippen LogP contribution is -2.01. The summed E-state index contributed by atoms with van der Waals surface area (Å²) in [5.74, 6) is -0.576. The number of carboxylic acids is 1. The predicted octanol–water partition coefficient (Wildman–Crippen LogP) is 1.79. The molecule has 0 spiro atoms. The maximum Gasteiger partial charge on any atom is 0.339 e. The van der Waals surface area contributed by atoms with Crippen molar-refractivity contribution >= 4 is 11.7 Å². The lowest BCUT2D eigenvalue weighted by Gasteiger charge is -2.06. The Kier molecular flexibility index (Phi) is 2.70. The van der Waals surface area contributed by atoms with Crippen LogP contribution in [0.25, 0.3) is 0 Å². The standard InChI is InChI=1S/C11H11N3O3/c1-6-4-10(14-13-6)17-9-3-2-7(12)5-8(9)11(15)16/h2-5H,12H2,1H3,(H,13,14)(H,15,16). The molecule has 0 saturated heterocycles. The summed E-state index contributed by atoms with van der Waals surface area (Å²) in [4.78, 5) is 11.0. The van der Waals surface area contributed by atoms with Gasteiger partial charge in [0.15, 0.2) is 0 Å². The van der Waals surface area contributed by atoms with Crippen molar-refractivity contribution in [1.29, 1.82) is 0 Å². The minimum absolute atomic E-state index is 0.00523. The summed E-state index contributed by atoms with van der Waals surface area (Å²) in [6, 6.07) is 6.09. The van der Waals surface area contributed by atoms with Crippen LogP contribution in [-0.4, -0.2) is 21.3 Å². The lowest BCUT2D eigenvalue weighted by atomic mass is 10.2. The summed E-state index contributed by atoms with van der Waals surface area (Å²) >= 11 is 0. The number of rotatable bonds is 3. The van der Waals surface area contributed by atoms with Gasteiger partial charge in [-0.05, 0) is 25.1 Å². The normalized spacial score (nSPS) is 10.2. The summed E-state index contributed by atoms with van der Waals surface area (Å²) in [6.07, 6.45) is 0. The van der Waals surface area contributed by atoms with Gasteiger partial charge in [0.2, 0.25) is 5.88 Å². The third-order valence-corrected chi connectivity index (χ3v) is 2.13. The molecule has 17 heavy (non-hydrogen) atoms. The number of nitrogens with two attached hydrogens (primary N) is 1. The molecule has 88 valence electrons. The number of aryl methyl sites for hydroxylation is 1. The maximum absolute atomic E-state index is 11.0. The molecule has 0 radical (unpaired) electrons. The molecule has 0 aliphatic heterocycles. The minimum Gasteiger partial charge on any atom is -0.478 e. The van der Waals surface area contributed by atoms with E-state index < -0.39 is 5.97 Å². The molecule has 6 nitrogen and oxygen atoms in total. The molecular weight excluding hydrogens is 222 g/mol. The number of carboxylic acid groups (broad SMARTS) is 1. The van der Waals surface area contributed by atoms with E-state index in [0.29, 0.717) is 11.6 Å². The second kappa shape index (κ2) is 4.17. The highest BCUT2D eigenvalue weighted by atomic mass is 16.5. The number of nitrogens with one attached hydrogen (secondary N) is 1. The number of anilines is 1. The molecule has 0 amide bonds. The Balaban J connectivity index is 2.35. The van der Waals surface area contributed by atoms with Crippen molar-refractivity contribution in [3.05, 3.63) is 35.5 Å². The molecule has 1 heterocycles. The zero-order chi connectivity index (χ0) is 12.4. The molecule has 1 aromatic heterocycles. The van der Waals surface area contributed by atoms with E-state index in [0.717, 1.165) is 5.69 Å². The van der Waals surface area contributed by atoms with Crippen LogP contribution >= 0.6 is 0 Å². The number of carbonyl (C=O) groups is 1. The van der Waals surface area contributed by atoms with Crippen molar-refractivity contribution in [2.75, 3.05) is 5.73 Å². The maximum atomic E-state index is 11.0. The third-order valence-electron chi connectivity index (χ3n) is 2.13. The molecule has 6 heteroatoms. The number of aromatic nitrogens is 2. The third kappa shape index (κ3) is 2.36. The topological polar surface area (TPSA) is 101 Å². The molecule has 1 aromatic carbocycles. The summed E-state index contributed by atoms with van der Waals surface area (Å²) in [5, 5.41) is 15.6. The zero-order valence-corrected chi connectivity index (χ0v) is 9.10. The number of nitrogens with zero attached hydrogens (tertiary/aromatic N) is 1. The number of hydrogen-bond donors (Lipinski definition) is 3. The molecule has 0 fully saturated rings. The first-order valence-corrected chi connectivity index (χ1v) is 4.89. The molecule has 0 saturated carbocycles. The molecule has 0 aliphatic carbocycles. The average molecular weight is 233 g/mol. The van der Waals surface area contributed by atoms with Gasteiger partial charge in [0, 0.05) is 17.4 Å². The fourth-order valence-electron chi connectivity index (χ4n) is 1.36. The molecule has 2 aromatic rings. The highest BCUT2D eigenvalue weighted by Crippen LogP contribution is 2.26. The van der Waals surface area contributed by atoms with E-state index in [1.54, 1.807) is 12.1 Å². The van der Waals surface area contributed by atoms with Gasteiger partial charge in [0.1, 0.15) is 11.3 Å². The van der Waals surface area contributed by atoms with Gasteiger partial charge in [0.05, 0.1) is 0 Å². The van der Waals surface area contributed by atoms with Crippen molar-refractivity contribution in [3.63, 3.8) is 0 Å². The van der Waals surface area contributed by atoms with E-state index in [1.165, 1.54) is 12.1 Å². The second-order valence-corrected chi connectivity index (χ2v) is 3.55. The molecule has 4 N–H and O–H groups in total. The second-order valence-electron chi connectivity index (χ2n) is 3.55. The van der Waals surface area contributed by atoms with E-state index in [-0.39, 0.29) is 11.3 Å². The predicted molar refractivity (Wildman–Crippen MR) is 61.2 cm³/mol. The van der Waals surface area contributed by atoms with Crippen LogP contribution in [-0.2, 0) is 0 Å². The van der Waals surface area contributed by atoms with Gasteiger partial charge in [-0.15, -0.1) is 5.10 Å². The first-order valence-electron chi connectivity index (χ1n) is 4.89. The van der Waals surface area contributed by atoms with E-state index in [9.17, 15) is 4.79 Å². The van der Waals surface area contributed by atoms with E-state index in [4.69, 9.17) is 15.6 Å². The summed E-state index contributed by atoms with van der Waals surface area (Å²) in [7, 11) is 0. The highest BCUT2D eigenvalue weighted by Gasteiger charge is 2.13. The molecule has 0 atom stereocenters. The van der Waals surface area contributed by atoms with Gasteiger partial charge >= 0.3 is 5.97 Å². The average Bonchev–Trinajstić information content (AvgIpc) is 2.66. The Morgan fingerprint density at radius 1 is 1.47 bits per heavy atom. The zero-order valence-electron chi connectivity index (χ0n) is 9.10. The van der Waals surface area contributed by atoms with Crippen LogP contribution in [0, 0.1) is 6.92 Å². The Morgan fingerprint density at radius 3 is 2.82 bits per heavy atom. The molecule has 0 bridgehead atoms. The Morgan fingerprint density at radius 2 is 2.24 bits per heavy atom. The summed E-state index contributed by atoms with van der Waals surface area (Å²) in [6.45, 7) is 1.82. The van der Waals surface area contributed by atoms with Crippen molar-refractivity contribution in [1.82, 2.24) is 10.2 Å². The van der Waals surface area contributed by atoms with Gasteiger partial charge in [-0.3, -0.25) is 5.10 Å². The van der Waals surface area contributed by atoms with Crippen LogP contribution in [0.15, 0.2) is 24.3 Å². The van der Waals surface area contributed by atoms with E-state index >= 15 is 0 Å². The molecule has 0 unspecified atom stereocenters. The first kappa shape index (κ1) is 11.0. The highest BCUT2D eigenvalue weighted by molar-refractivity contribution is 5.92. The number of benzene rings is 1. The summed E-state index contributed by atoms with van der Waals surface area (Å²) in [5.41, 5.74) is 6.72. The fourth-order valence-corrected chi connectivity index (χ4v) is 1.36. The smallest absolute Gasteiger partial charge is 0.339 e. The Hall–Kier alpha value is -2.50. The van der Waals surface area contributed by atoms with Crippen LogP contribution in [0.1, 0.15) is 16.1 Å². The van der Waals surface area contributed by atoms with Crippen molar-refractivity contribution in [3.8, 4) is 11.6 Å². The van der Waals surface area contributed by atoms with Crippen molar-refractivity contribution in [2.45, 2.75) is 6.92 Å². The van der Waals surface area contributed by atoms with Crippen molar-refractivity contribution < 1.29 is 14.6 Å². The quantitative estimate of drug-likeness (QED) is 0.701. The van der Waals surface area contributed by atoms with Crippen LogP contribution in [0.5, 0.6) is 11.6 Å². The van der Waals surface area contributed by atoms with Gasteiger partial charge in [-0.25, -0.2) is 4.79 Å². The Bertz CT molecular complexity index is 563. The Labute approximate surface area is 97.0 Å². The number of ether oxygens (including phenoxy) is 1. The monoisotopic (exact) mass is 233 g/mol. The van der Waals surface area contributed by atoms with Crippen LogP contribution < -0.4 is 10.5 Å². The van der Waals surface area contributed by atoms with E-state index in [1.807, 2.05) is 6.92 Å².